The van der Waals surface area contributed by atoms with Gasteiger partial charge in [-0.15, -0.1) is 11.3 Å². The van der Waals surface area contributed by atoms with Crippen LogP contribution in [0.25, 0.3) is 17.0 Å². The molecule has 10 heteroatoms. The average molecular weight is 451 g/mol. The molecule has 0 aliphatic rings. The Morgan fingerprint density at radius 1 is 1.19 bits per heavy atom. The number of thiazole rings is 1. The number of esters is 1. The number of nitrogens with zero attached hydrogens (tertiary/aromatic N) is 5. The van der Waals surface area contributed by atoms with E-state index in [1.54, 1.807) is 11.4 Å². The molecule has 0 aliphatic heterocycles. The number of hydrogen-bond acceptors (Lipinski definition) is 8. The second-order valence-electron chi connectivity index (χ2n) is 7.26. The van der Waals surface area contributed by atoms with Crippen molar-refractivity contribution in [2.45, 2.75) is 39.7 Å². The number of carbonyl (C=O) groups excluding carboxylic acids is 2. The third-order valence-electron chi connectivity index (χ3n) is 5.05. The van der Waals surface area contributed by atoms with E-state index in [9.17, 15) is 9.59 Å². The van der Waals surface area contributed by atoms with E-state index in [4.69, 9.17) is 4.74 Å². The molecule has 0 saturated carbocycles. The van der Waals surface area contributed by atoms with Crippen molar-refractivity contribution in [1.82, 2.24) is 24.6 Å². The first-order chi connectivity index (χ1) is 15.4. The van der Waals surface area contributed by atoms with Gasteiger partial charge in [-0.05, 0) is 32.8 Å². The normalized spacial score (nSPS) is 12.0. The van der Waals surface area contributed by atoms with E-state index in [1.165, 1.54) is 17.7 Å². The highest BCUT2D eigenvalue weighted by atomic mass is 32.1. The fourth-order valence-corrected chi connectivity index (χ4v) is 4.06. The Balaban J connectivity index is 1.32. The van der Waals surface area contributed by atoms with Gasteiger partial charge in [0.15, 0.2) is 11.2 Å². The van der Waals surface area contributed by atoms with E-state index in [0.29, 0.717) is 17.3 Å². The maximum atomic E-state index is 12.4. The van der Waals surface area contributed by atoms with Gasteiger partial charge < -0.3 is 4.74 Å². The first-order valence-electron chi connectivity index (χ1n) is 10.1. The number of anilines is 1. The molecule has 1 unspecified atom stereocenters. The first kappa shape index (κ1) is 21.6. The number of hydrogen-bond donors (Lipinski definition) is 1. The minimum atomic E-state index is -0.940. The van der Waals surface area contributed by atoms with Crippen LogP contribution < -0.4 is 5.32 Å². The number of carbonyl (C=O) groups is 2. The molecule has 4 rings (SSSR count). The number of aromatic nitrogens is 5. The lowest BCUT2D eigenvalue weighted by Gasteiger charge is -2.13. The van der Waals surface area contributed by atoms with E-state index in [0.717, 1.165) is 28.2 Å². The summed E-state index contributed by atoms with van der Waals surface area (Å²) >= 11 is 1.32. The SMILES string of the molecule is Cc1nc2ncnn2c(C)c1CCC(=O)OC(C)C(=O)Nc1nc(-c2ccccc2)cs1. The minimum absolute atomic E-state index is 0.122. The molecule has 0 spiro atoms. The summed E-state index contributed by atoms with van der Waals surface area (Å²) < 4.78 is 6.96. The van der Waals surface area contributed by atoms with Crippen molar-refractivity contribution in [1.29, 1.82) is 0 Å². The van der Waals surface area contributed by atoms with Gasteiger partial charge in [-0.2, -0.15) is 10.1 Å². The highest BCUT2D eigenvalue weighted by molar-refractivity contribution is 7.14. The van der Waals surface area contributed by atoms with Gasteiger partial charge in [-0.3, -0.25) is 14.9 Å². The highest BCUT2D eigenvalue weighted by Crippen LogP contribution is 2.24. The van der Waals surface area contributed by atoms with Crippen LogP contribution in [0.5, 0.6) is 0 Å². The average Bonchev–Trinajstić information content (AvgIpc) is 3.44. The van der Waals surface area contributed by atoms with Crippen LogP contribution in [0.15, 0.2) is 42.0 Å². The summed E-state index contributed by atoms with van der Waals surface area (Å²) in [5.74, 6) is -0.367. The molecular formula is C22H22N6O3S. The van der Waals surface area contributed by atoms with Crippen LogP contribution in [-0.4, -0.2) is 42.5 Å². The molecule has 0 fully saturated rings. The number of aryl methyl sites for hydroxylation is 2. The summed E-state index contributed by atoms with van der Waals surface area (Å²) in [4.78, 5) is 37.7. The summed E-state index contributed by atoms with van der Waals surface area (Å²) in [6.45, 7) is 5.32. The van der Waals surface area contributed by atoms with Crippen molar-refractivity contribution >= 4 is 34.1 Å². The molecule has 164 valence electrons. The maximum absolute atomic E-state index is 12.4. The fourth-order valence-electron chi connectivity index (χ4n) is 3.33. The van der Waals surface area contributed by atoms with Crippen LogP contribution in [-0.2, 0) is 20.7 Å². The Morgan fingerprint density at radius 2 is 1.97 bits per heavy atom. The third-order valence-corrected chi connectivity index (χ3v) is 5.81. The molecule has 1 atom stereocenters. The number of nitrogens with one attached hydrogen (secondary N) is 1. The van der Waals surface area contributed by atoms with Crippen molar-refractivity contribution in [2.75, 3.05) is 5.32 Å². The van der Waals surface area contributed by atoms with E-state index < -0.39 is 18.0 Å². The molecule has 3 aromatic heterocycles. The zero-order chi connectivity index (χ0) is 22.7. The van der Waals surface area contributed by atoms with Gasteiger partial charge in [-0.25, -0.2) is 14.5 Å². The maximum Gasteiger partial charge on any atom is 0.306 e. The largest absolute Gasteiger partial charge is 0.453 e. The number of ether oxygens (including phenoxy) is 1. The predicted molar refractivity (Wildman–Crippen MR) is 120 cm³/mol. The van der Waals surface area contributed by atoms with Crippen LogP contribution in [0, 0.1) is 13.8 Å². The number of rotatable bonds is 7. The number of fused-ring (bicyclic) bond motifs is 1. The van der Waals surface area contributed by atoms with Crippen LogP contribution in [0.1, 0.15) is 30.3 Å². The highest BCUT2D eigenvalue weighted by Gasteiger charge is 2.20. The van der Waals surface area contributed by atoms with Crippen molar-refractivity contribution < 1.29 is 14.3 Å². The smallest absolute Gasteiger partial charge is 0.306 e. The topological polar surface area (TPSA) is 111 Å². The Bertz CT molecular complexity index is 1270. The Kier molecular flexibility index (Phi) is 6.22. The van der Waals surface area contributed by atoms with Gasteiger partial charge in [0.2, 0.25) is 0 Å². The first-order valence-corrected chi connectivity index (χ1v) is 11.0. The zero-order valence-electron chi connectivity index (χ0n) is 17.9. The van der Waals surface area contributed by atoms with Crippen molar-refractivity contribution in [3.05, 3.63) is 59.0 Å². The van der Waals surface area contributed by atoms with Gasteiger partial charge in [0, 0.05) is 28.8 Å². The van der Waals surface area contributed by atoms with Gasteiger partial charge in [-0.1, -0.05) is 30.3 Å². The van der Waals surface area contributed by atoms with Crippen molar-refractivity contribution in [3.63, 3.8) is 0 Å². The summed E-state index contributed by atoms with van der Waals surface area (Å²) in [6, 6.07) is 9.69. The van der Waals surface area contributed by atoms with Crippen molar-refractivity contribution in [2.24, 2.45) is 0 Å². The van der Waals surface area contributed by atoms with Crippen LogP contribution in [0.3, 0.4) is 0 Å². The minimum Gasteiger partial charge on any atom is -0.453 e. The molecule has 0 radical (unpaired) electrons. The van der Waals surface area contributed by atoms with E-state index in [1.807, 2.05) is 49.6 Å². The van der Waals surface area contributed by atoms with Crippen molar-refractivity contribution in [3.8, 4) is 11.3 Å². The summed E-state index contributed by atoms with van der Waals surface area (Å²) in [5, 5.41) is 9.18. The molecule has 4 aromatic rings. The van der Waals surface area contributed by atoms with Gasteiger partial charge in [0.1, 0.15) is 6.33 Å². The molecule has 0 bridgehead atoms. The number of benzene rings is 1. The lowest BCUT2D eigenvalue weighted by Crippen LogP contribution is -2.30. The molecule has 1 amide bonds. The van der Waals surface area contributed by atoms with Gasteiger partial charge >= 0.3 is 5.97 Å². The molecule has 0 saturated heterocycles. The van der Waals surface area contributed by atoms with Gasteiger partial charge in [0.25, 0.3) is 11.7 Å². The second-order valence-corrected chi connectivity index (χ2v) is 8.12. The molecule has 3 heterocycles. The summed E-state index contributed by atoms with van der Waals surface area (Å²) in [7, 11) is 0. The lowest BCUT2D eigenvalue weighted by molar-refractivity contribution is -0.153. The second kappa shape index (κ2) is 9.23. The van der Waals surface area contributed by atoms with E-state index in [-0.39, 0.29) is 6.42 Å². The van der Waals surface area contributed by atoms with E-state index >= 15 is 0 Å². The van der Waals surface area contributed by atoms with Crippen LogP contribution >= 0.6 is 11.3 Å². The van der Waals surface area contributed by atoms with E-state index in [2.05, 4.69) is 25.4 Å². The monoisotopic (exact) mass is 450 g/mol. The lowest BCUT2D eigenvalue weighted by atomic mass is 10.1. The Hall–Kier alpha value is -3.66. The molecule has 9 nitrogen and oxygen atoms in total. The number of amides is 1. The van der Waals surface area contributed by atoms with Crippen LogP contribution in [0.4, 0.5) is 5.13 Å². The zero-order valence-corrected chi connectivity index (χ0v) is 18.7. The third kappa shape index (κ3) is 4.65. The molecule has 1 N–H and O–H groups in total. The van der Waals surface area contributed by atoms with Gasteiger partial charge in [0.05, 0.1) is 5.69 Å². The Labute approximate surface area is 188 Å². The predicted octanol–water partition coefficient (Wildman–Crippen LogP) is 3.37. The summed E-state index contributed by atoms with van der Waals surface area (Å²) in [6.07, 6.45) is 1.06. The molecule has 32 heavy (non-hydrogen) atoms. The molecule has 1 aromatic carbocycles. The van der Waals surface area contributed by atoms with Crippen LogP contribution in [0.2, 0.25) is 0 Å². The standard InChI is InChI=1S/C22H22N6O3S/c1-13-17(14(2)28-21(25-13)23-12-24-28)9-10-19(29)31-15(3)20(30)27-22-26-18(11-32-22)16-7-5-4-6-8-16/h4-8,11-12,15H,9-10H2,1-3H3,(H,26,27,30). The molecule has 0 aliphatic carbocycles. The Morgan fingerprint density at radius 3 is 2.75 bits per heavy atom. The quantitative estimate of drug-likeness (QED) is 0.430. The fraction of sp³-hybridized carbons (Fsp3) is 0.273. The molecular weight excluding hydrogens is 428 g/mol. The summed E-state index contributed by atoms with van der Waals surface area (Å²) in [5.41, 5.74) is 4.32.